The summed E-state index contributed by atoms with van der Waals surface area (Å²) >= 11 is 1.31. The summed E-state index contributed by atoms with van der Waals surface area (Å²) in [4.78, 5) is 0. The lowest BCUT2D eigenvalue weighted by atomic mass is 10.1. The van der Waals surface area contributed by atoms with Crippen LogP contribution in [0.15, 0.2) is 18.2 Å². The highest BCUT2D eigenvalue weighted by molar-refractivity contribution is 7.23. The summed E-state index contributed by atoms with van der Waals surface area (Å²) in [7, 11) is 0. The topological polar surface area (TPSA) is 70.0 Å². The lowest BCUT2D eigenvalue weighted by Gasteiger charge is -1.93. The van der Waals surface area contributed by atoms with Crippen molar-refractivity contribution in [3.63, 3.8) is 0 Å². The number of nitrogens with zero attached hydrogens (tertiary/aromatic N) is 1. The molecule has 0 atom stereocenters. The average Bonchev–Trinajstić information content (AvgIpc) is 2.42. The molecule has 0 aliphatic carbocycles. The molecule has 13 heavy (non-hydrogen) atoms. The van der Waals surface area contributed by atoms with E-state index in [1.807, 2.05) is 12.1 Å². The summed E-state index contributed by atoms with van der Waals surface area (Å²) in [6, 6.07) is 7.10. The molecule has 0 saturated carbocycles. The van der Waals surface area contributed by atoms with Crippen LogP contribution < -0.4 is 5.73 Å². The van der Waals surface area contributed by atoms with E-state index in [2.05, 4.69) is 0 Å². The van der Waals surface area contributed by atoms with Gasteiger partial charge < -0.3 is 10.8 Å². The number of phenolic OH excluding ortho intramolecular Hbond substituents is 1. The molecule has 0 aliphatic heterocycles. The number of nitrogens with two attached hydrogens (primary N) is 1. The first-order valence-electron chi connectivity index (χ1n) is 3.64. The van der Waals surface area contributed by atoms with E-state index < -0.39 is 0 Å². The molecule has 0 aliphatic rings. The fourth-order valence-corrected chi connectivity index (χ4v) is 2.20. The lowest BCUT2D eigenvalue weighted by molar-refractivity contribution is 0.481. The van der Waals surface area contributed by atoms with Crippen molar-refractivity contribution in [1.29, 1.82) is 5.26 Å². The van der Waals surface area contributed by atoms with Crippen molar-refractivity contribution in [2.24, 2.45) is 0 Å². The summed E-state index contributed by atoms with van der Waals surface area (Å²) in [5, 5.41) is 19.3. The van der Waals surface area contributed by atoms with Crippen molar-refractivity contribution in [1.82, 2.24) is 0 Å². The normalized spacial score (nSPS) is 10.1. The summed E-state index contributed by atoms with van der Waals surface area (Å²) in [6.07, 6.45) is 0. The second-order valence-electron chi connectivity index (χ2n) is 2.60. The number of anilines is 1. The smallest absolute Gasteiger partial charge is 0.125 e. The molecule has 0 bridgehead atoms. The van der Waals surface area contributed by atoms with Gasteiger partial charge in [-0.15, -0.1) is 11.3 Å². The van der Waals surface area contributed by atoms with E-state index in [0.717, 1.165) is 4.70 Å². The predicted octanol–water partition coefficient (Wildman–Crippen LogP) is 2.06. The van der Waals surface area contributed by atoms with Crippen LogP contribution in [0.2, 0.25) is 0 Å². The summed E-state index contributed by atoms with van der Waals surface area (Å²) in [5.41, 5.74) is 5.99. The maximum atomic E-state index is 9.50. The second-order valence-corrected chi connectivity index (χ2v) is 3.69. The molecule has 2 aromatic rings. The van der Waals surface area contributed by atoms with Gasteiger partial charge in [-0.3, -0.25) is 0 Å². The molecule has 3 nitrogen and oxygen atoms in total. The number of nitriles is 1. The standard InChI is InChI=1S/C9H6N2OS/c10-4-5-8-6(12)2-1-3-7(8)13-9(5)11/h1-3,12H,11H2. The Labute approximate surface area is 78.6 Å². The van der Waals surface area contributed by atoms with E-state index in [9.17, 15) is 5.11 Å². The van der Waals surface area contributed by atoms with Gasteiger partial charge in [-0.2, -0.15) is 5.26 Å². The highest BCUT2D eigenvalue weighted by Crippen LogP contribution is 2.37. The lowest BCUT2D eigenvalue weighted by Crippen LogP contribution is -1.82. The number of fused-ring (bicyclic) bond motifs is 1. The fourth-order valence-electron chi connectivity index (χ4n) is 1.26. The SMILES string of the molecule is N#Cc1c(N)sc2cccc(O)c12. The largest absolute Gasteiger partial charge is 0.507 e. The van der Waals surface area contributed by atoms with E-state index in [0.29, 0.717) is 16.0 Å². The van der Waals surface area contributed by atoms with Crippen molar-refractivity contribution in [3.05, 3.63) is 23.8 Å². The average molecular weight is 190 g/mol. The molecule has 0 amide bonds. The Hall–Kier alpha value is -1.73. The maximum Gasteiger partial charge on any atom is 0.125 e. The fraction of sp³-hybridized carbons (Fsp3) is 0. The van der Waals surface area contributed by atoms with Gasteiger partial charge in [0.25, 0.3) is 0 Å². The molecule has 1 heterocycles. The number of benzene rings is 1. The van der Waals surface area contributed by atoms with E-state index >= 15 is 0 Å². The number of phenols is 1. The Morgan fingerprint density at radius 1 is 1.46 bits per heavy atom. The van der Waals surface area contributed by atoms with Gasteiger partial charge in [0.15, 0.2) is 0 Å². The zero-order valence-corrected chi connectivity index (χ0v) is 7.43. The van der Waals surface area contributed by atoms with Crippen LogP contribution in [0, 0.1) is 11.3 Å². The minimum absolute atomic E-state index is 0.113. The Morgan fingerprint density at radius 2 is 2.23 bits per heavy atom. The van der Waals surface area contributed by atoms with Crippen LogP contribution in [-0.4, -0.2) is 5.11 Å². The number of rotatable bonds is 0. The molecule has 4 heteroatoms. The third kappa shape index (κ3) is 1.02. The van der Waals surface area contributed by atoms with Crippen molar-refractivity contribution in [2.75, 3.05) is 5.73 Å². The predicted molar refractivity (Wildman–Crippen MR) is 52.6 cm³/mol. The molecule has 0 fully saturated rings. The molecular weight excluding hydrogens is 184 g/mol. The van der Waals surface area contributed by atoms with Crippen LogP contribution in [-0.2, 0) is 0 Å². The molecule has 0 radical (unpaired) electrons. The molecule has 0 unspecified atom stereocenters. The zero-order chi connectivity index (χ0) is 9.42. The molecule has 1 aromatic heterocycles. The minimum Gasteiger partial charge on any atom is -0.507 e. The van der Waals surface area contributed by atoms with Crippen LogP contribution in [0.1, 0.15) is 5.56 Å². The van der Waals surface area contributed by atoms with E-state index in [4.69, 9.17) is 11.0 Å². The first kappa shape index (κ1) is 7.90. The van der Waals surface area contributed by atoms with Gasteiger partial charge in [0.05, 0.1) is 10.9 Å². The molecule has 3 N–H and O–H groups in total. The van der Waals surface area contributed by atoms with Gasteiger partial charge in [-0.25, -0.2) is 0 Å². The van der Waals surface area contributed by atoms with Gasteiger partial charge in [0.1, 0.15) is 16.8 Å². The van der Waals surface area contributed by atoms with Gasteiger partial charge >= 0.3 is 0 Å². The third-order valence-electron chi connectivity index (χ3n) is 1.83. The second kappa shape index (κ2) is 2.64. The quantitative estimate of drug-likeness (QED) is 0.668. The van der Waals surface area contributed by atoms with Crippen molar-refractivity contribution in [3.8, 4) is 11.8 Å². The van der Waals surface area contributed by atoms with Gasteiger partial charge in [0.2, 0.25) is 0 Å². The first-order valence-corrected chi connectivity index (χ1v) is 4.45. The van der Waals surface area contributed by atoms with Crippen LogP contribution in [0.4, 0.5) is 5.00 Å². The van der Waals surface area contributed by atoms with Crippen LogP contribution in [0.3, 0.4) is 0 Å². The Bertz CT molecular complexity index is 510. The Balaban J connectivity index is 2.99. The van der Waals surface area contributed by atoms with Gasteiger partial charge in [0, 0.05) is 4.70 Å². The molecule has 2 rings (SSSR count). The van der Waals surface area contributed by atoms with Gasteiger partial charge in [-0.05, 0) is 12.1 Å². The van der Waals surface area contributed by atoms with E-state index in [1.165, 1.54) is 11.3 Å². The van der Waals surface area contributed by atoms with Crippen LogP contribution in [0.5, 0.6) is 5.75 Å². The zero-order valence-electron chi connectivity index (χ0n) is 6.61. The monoisotopic (exact) mass is 190 g/mol. The summed E-state index contributed by atoms with van der Waals surface area (Å²) < 4.78 is 0.842. The van der Waals surface area contributed by atoms with Crippen LogP contribution in [0.25, 0.3) is 10.1 Å². The van der Waals surface area contributed by atoms with Crippen molar-refractivity contribution in [2.45, 2.75) is 0 Å². The molecule has 1 aromatic carbocycles. The minimum atomic E-state index is 0.113. The third-order valence-corrected chi connectivity index (χ3v) is 2.82. The molecular formula is C9H6N2OS. The summed E-state index contributed by atoms with van der Waals surface area (Å²) in [5.74, 6) is 0.113. The first-order chi connectivity index (χ1) is 6.24. The number of thiophene rings is 1. The number of aromatic hydroxyl groups is 1. The molecule has 64 valence electrons. The number of hydrogen-bond donors (Lipinski definition) is 2. The Kier molecular flexibility index (Phi) is 1.61. The van der Waals surface area contributed by atoms with Crippen LogP contribution >= 0.6 is 11.3 Å². The Morgan fingerprint density at radius 3 is 2.92 bits per heavy atom. The number of nitrogen functional groups attached to an aromatic ring is 1. The van der Waals surface area contributed by atoms with Gasteiger partial charge in [-0.1, -0.05) is 6.07 Å². The highest BCUT2D eigenvalue weighted by Gasteiger charge is 2.11. The molecule has 0 spiro atoms. The maximum absolute atomic E-state index is 9.50. The van der Waals surface area contributed by atoms with Crippen molar-refractivity contribution >= 4 is 26.4 Å². The van der Waals surface area contributed by atoms with Crippen molar-refractivity contribution < 1.29 is 5.11 Å². The van der Waals surface area contributed by atoms with E-state index in [1.54, 1.807) is 12.1 Å². The molecule has 0 saturated heterocycles. The number of hydrogen-bond acceptors (Lipinski definition) is 4. The highest BCUT2D eigenvalue weighted by atomic mass is 32.1. The van der Waals surface area contributed by atoms with E-state index in [-0.39, 0.29) is 5.75 Å². The summed E-state index contributed by atoms with van der Waals surface area (Å²) in [6.45, 7) is 0.